The molecule has 3 atom stereocenters. The summed E-state index contributed by atoms with van der Waals surface area (Å²) in [6, 6.07) is 18.7. The monoisotopic (exact) mass is 394 g/mol. The number of carbonyl (C=O) groups is 2. The summed E-state index contributed by atoms with van der Waals surface area (Å²) in [6.07, 6.45) is 4.16. The largest absolute Gasteiger partial charge is 0.445 e. The highest BCUT2D eigenvalue weighted by atomic mass is 16.5. The first-order chi connectivity index (χ1) is 14.1. The average molecular weight is 395 g/mol. The summed E-state index contributed by atoms with van der Waals surface area (Å²) in [4.78, 5) is 25.3. The molecule has 29 heavy (non-hydrogen) atoms. The maximum absolute atomic E-state index is 13.0. The van der Waals surface area contributed by atoms with E-state index in [-0.39, 0.29) is 18.6 Å². The van der Waals surface area contributed by atoms with Crippen LogP contribution in [0.4, 0.5) is 4.79 Å². The van der Waals surface area contributed by atoms with Crippen molar-refractivity contribution in [3.05, 3.63) is 71.8 Å². The zero-order valence-corrected chi connectivity index (χ0v) is 17.0. The van der Waals surface area contributed by atoms with Gasteiger partial charge in [0, 0.05) is 12.5 Å². The van der Waals surface area contributed by atoms with E-state index in [1.165, 1.54) is 6.42 Å². The van der Waals surface area contributed by atoms with E-state index in [4.69, 9.17) is 4.74 Å². The Morgan fingerprint density at radius 2 is 1.66 bits per heavy atom. The molecule has 1 saturated carbocycles. The van der Waals surface area contributed by atoms with Crippen LogP contribution in [0.25, 0.3) is 0 Å². The summed E-state index contributed by atoms with van der Waals surface area (Å²) in [5, 5.41) is 5.90. The third-order valence-corrected chi connectivity index (χ3v) is 5.39. The first kappa shape index (κ1) is 20.9. The molecule has 5 heteroatoms. The number of carbonyl (C=O) groups excluding carboxylic acids is 2. The molecule has 0 radical (unpaired) electrons. The molecule has 2 aromatic carbocycles. The van der Waals surface area contributed by atoms with Gasteiger partial charge in [-0.15, -0.1) is 0 Å². The van der Waals surface area contributed by atoms with Crippen LogP contribution >= 0.6 is 0 Å². The minimum Gasteiger partial charge on any atom is -0.445 e. The Labute approximate surface area is 172 Å². The van der Waals surface area contributed by atoms with Crippen LogP contribution in [-0.4, -0.2) is 24.1 Å². The molecule has 2 N–H and O–H groups in total. The number of benzene rings is 2. The fraction of sp³-hybridized carbons (Fsp3) is 0.417. The molecule has 2 amide bonds. The summed E-state index contributed by atoms with van der Waals surface area (Å²) in [5.74, 6) is 0.468. The van der Waals surface area contributed by atoms with Crippen molar-refractivity contribution in [1.29, 1.82) is 0 Å². The van der Waals surface area contributed by atoms with Gasteiger partial charge in [0.25, 0.3) is 0 Å². The van der Waals surface area contributed by atoms with E-state index in [0.29, 0.717) is 12.3 Å². The fourth-order valence-corrected chi connectivity index (χ4v) is 3.83. The zero-order chi connectivity index (χ0) is 20.5. The van der Waals surface area contributed by atoms with Crippen LogP contribution in [0, 0.1) is 5.92 Å². The lowest BCUT2D eigenvalue weighted by molar-refractivity contribution is -0.124. The molecule has 1 aliphatic carbocycles. The van der Waals surface area contributed by atoms with Crippen LogP contribution in [0.15, 0.2) is 60.7 Å². The SMILES string of the molecule is CC1CCCC(NC(=O)[C@H](Cc2ccccc2)NC(=O)OCc2ccccc2)C1. The zero-order valence-electron chi connectivity index (χ0n) is 17.0. The van der Waals surface area contributed by atoms with Gasteiger partial charge in [0.05, 0.1) is 0 Å². The summed E-state index contributed by atoms with van der Waals surface area (Å²) in [6.45, 7) is 2.39. The molecule has 0 spiro atoms. The quantitative estimate of drug-likeness (QED) is 0.739. The first-order valence-corrected chi connectivity index (χ1v) is 10.4. The lowest BCUT2D eigenvalue weighted by Crippen LogP contribution is -2.51. The molecule has 154 valence electrons. The number of rotatable bonds is 7. The lowest BCUT2D eigenvalue weighted by Gasteiger charge is -2.29. The maximum Gasteiger partial charge on any atom is 0.408 e. The van der Waals surface area contributed by atoms with E-state index in [1.54, 1.807) is 0 Å². The van der Waals surface area contributed by atoms with Crippen molar-refractivity contribution >= 4 is 12.0 Å². The van der Waals surface area contributed by atoms with E-state index < -0.39 is 12.1 Å². The summed E-state index contributed by atoms with van der Waals surface area (Å²) in [5.41, 5.74) is 1.90. The van der Waals surface area contributed by atoms with Gasteiger partial charge in [-0.3, -0.25) is 4.79 Å². The van der Waals surface area contributed by atoms with Gasteiger partial charge in [-0.05, 0) is 29.9 Å². The topological polar surface area (TPSA) is 67.4 Å². The van der Waals surface area contributed by atoms with Crippen LogP contribution in [0.1, 0.15) is 43.7 Å². The third kappa shape index (κ3) is 6.93. The van der Waals surface area contributed by atoms with E-state index in [0.717, 1.165) is 30.4 Å². The van der Waals surface area contributed by atoms with Crippen molar-refractivity contribution < 1.29 is 14.3 Å². The molecule has 0 aliphatic heterocycles. The van der Waals surface area contributed by atoms with Crippen molar-refractivity contribution in [3.63, 3.8) is 0 Å². The second-order valence-electron chi connectivity index (χ2n) is 7.93. The summed E-state index contributed by atoms with van der Waals surface area (Å²) < 4.78 is 5.32. The Morgan fingerprint density at radius 3 is 2.31 bits per heavy atom. The van der Waals surface area contributed by atoms with Gasteiger partial charge in [0.15, 0.2) is 0 Å². The summed E-state index contributed by atoms with van der Waals surface area (Å²) in [7, 11) is 0. The van der Waals surface area contributed by atoms with Crippen LogP contribution in [0.2, 0.25) is 0 Å². The molecule has 2 unspecified atom stereocenters. The fourth-order valence-electron chi connectivity index (χ4n) is 3.83. The van der Waals surface area contributed by atoms with Crippen molar-refractivity contribution in [3.8, 4) is 0 Å². The van der Waals surface area contributed by atoms with Gasteiger partial charge in [0.1, 0.15) is 12.6 Å². The number of nitrogens with one attached hydrogen (secondary N) is 2. The van der Waals surface area contributed by atoms with Crippen LogP contribution in [0.5, 0.6) is 0 Å². The predicted octanol–water partition coefficient (Wildman–Crippen LogP) is 4.22. The Bertz CT molecular complexity index is 779. The minimum absolute atomic E-state index is 0.149. The second-order valence-corrected chi connectivity index (χ2v) is 7.93. The molecular weight excluding hydrogens is 364 g/mol. The highest BCUT2D eigenvalue weighted by molar-refractivity contribution is 5.86. The highest BCUT2D eigenvalue weighted by Crippen LogP contribution is 2.23. The Kier molecular flexibility index (Phi) is 7.68. The van der Waals surface area contributed by atoms with Gasteiger partial charge >= 0.3 is 6.09 Å². The number of amides is 2. The molecule has 0 bridgehead atoms. The molecule has 1 fully saturated rings. The number of hydrogen-bond donors (Lipinski definition) is 2. The Hall–Kier alpha value is -2.82. The van der Waals surface area contributed by atoms with E-state index in [1.807, 2.05) is 60.7 Å². The van der Waals surface area contributed by atoms with Gasteiger partial charge in [0.2, 0.25) is 5.91 Å². The van der Waals surface area contributed by atoms with E-state index in [2.05, 4.69) is 17.6 Å². The molecule has 5 nitrogen and oxygen atoms in total. The molecule has 2 aromatic rings. The standard InChI is InChI=1S/C24H30N2O3/c1-18-9-8-14-21(15-18)25-23(27)22(16-19-10-4-2-5-11-19)26-24(28)29-17-20-12-6-3-7-13-20/h2-7,10-13,18,21-22H,8-9,14-17H2,1H3,(H,25,27)(H,26,28)/t18?,21?,22-/m0/s1. The van der Waals surface area contributed by atoms with E-state index in [9.17, 15) is 9.59 Å². The van der Waals surface area contributed by atoms with Gasteiger partial charge in [-0.25, -0.2) is 4.79 Å². The molecular formula is C24H30N2O3. The molecule has 0 aromatic heterocycles. The van der Waals surface area contributed by atoms with Crippen molar-refractivity contribution in [2.45, 2.75) is 57.7 Å². The van der Waals surface area contributed by atoms with Gasteiger partial charge in [-0.2, -0.15) is 0 Å². The molecule has 0 heterocycles. The average Bonchev–Trinajstić information content (AvgIpc) is 2.73. The smallest absolute Gasteiger partial charge is 0.408 e. The van der Waals surface area contributed by atoms with Gasteiger partial charge in [-0.1, -0.05) is 80.4 Å². The number of alkyl carbamates (subject to hydrolysis) is 1. The second kappa shape index (κ2) is 10.6. The van der Waals surface area contributed by atoms with Crippen molar-refractivity contribution in [2.24, 2.45) is 5.92 Å². The van der Waals surface area contributed by atoms with E-state index >= 15 is 0 Å². The van der Waals surface area contributed by atoms with Crippen LogP contribution < -0.4 is 10.6 Å². The number of ether oxygens (including phenoxy) is 1. The molecule has 3 rings (SSSR count). The van der Waals surface area contributed by atoms with Crippen LogP contribution in [-0.2, 0) is 22.6 Å². The molecule has 1 aliphatic rings. The van der Waals surface area contributed by atoms with Crippen molar-refractivity contribution in [1.82, 2.24) is 10.6 Å². The Morgan fingerprint density at radius 1 is 1.00 bits per heavy atom. The third-order valence-electron chi connectivity index (χ3n) is 5.39. The minimum atomic E-state index is -0.669. The lowest BCUT2D eigenvalue weighted by atomic mass is 9.87. The Balaban J connectivity index is 1.60. The highest BCUT2D eigenvalue weighted by Gasteiger charge is 2.26. The normalized spacial score (nSPS) is 19.8. The maximum atomic E-state index is 13.0. The number of hydrogen-bond acceptors (Lipinski definition) is 3. The predicted molar refractivity (Wildman–Crippen MR) is 113 cm³/mol. The first-order valence-electron chi connectivity index (χ1n) is 10.4. The summed E-state index contributed by atoms with van der Waals surface area (Å²) >= 11 is 0. The molecule has 0 saturated heterocycles. The van der Waals surface area contributed by atoms with Crippen molar-refractivity contribution in [2.75, 3.05) is 0 Å². The van der Waals surface area contributed by atoms with Crippen LogP contribution in [0.3, 0.4) is 0 Å². The van der Waals surface area contributed by atoms with Gasteiger partial charge < -0.3 is 15.4 Å².